The molecule has 1 N–H and O–H groups in total. The highest BCUT2D eigenvalue weighted by Crippen LogP contribution is 2.45. The molecule has 20 heavy (non-hydrogen) atoms. The van der Waals surface area contributed by atoms with Gasteiger partial charge >= 0.3 is 0 Å². The Hall–Kier alpha value is -0.860. The Kier molecular flexibility index (Phi) is 4.13. The number of likely N-dealkylation sites (N-methyl/N-ethyl adjacent to an activating group) is 1. The molecule has 0 saturated heterocycles. The molecule has 1 aliphatic carbocycles. The second-order valence-corrected chi connectivity index (χ2v) is 7.14. The number of nitrogens with one attached hydrogen (secondary N) is 1. The normalized spacial score (nSPS) is 19.5. The van der Waals surface area contributed by atoms with Crippen LogP contribution < -0.4 is 5.32 Å². The summed E-state index contributed by atoms with van der Waals surface area (Å²) in [5.74, 6) is 0. The second-order valence-electron chi connectivity index (χ2n) is 6.23. The minimum absolute atomic E-state index is 0.526. The van der Waals surface area contributed by atoms with Crippen molar-refractivity contribution in [2.45, 2.75) is 51.5 Å². The van der Waals surface area contributed by atoms with Crippen LogP contribution in [0.3, 0.4) is 0 Å². The highest BCUT2D eigenvalue weighted by atomic mass is 32.1. The van der Waals surface area contributed by atoms with Crippen LogP contribution in [0, 0.1) is 5.41 Å². The molecule has 1 heterocycles. The predicted molar refractivity (Wildman–Crippen MR) is 89.6 cm³/mol. The van der Waals surface area contributed by atoms with Crippen molar-refractivity contribution in [3.63, 3.8) is 0 Å². The fourth-order valence-corrected chi connectivity index (χ4v) is 5.04. The van der Waals surface area contributed by atoms with E-state index in [9.17, 15) is 0 Å². The molecule has 0 radical (unpaired) electrons. The first kappa shape index (κ1) is 14.1. The van der Waals surface area contributed by atoms with Gasteiger partial charge in [-0.25, -0.2) is 0 Å². The van der Waals surface area contributed by atoms with E-state index in [2.05, 4.69) is 48.9 Å². The van der Waals surface area contributed by atoms with Gasteiger partial charge in [0.25, 0.3) is 0 Å². The summed E-state index contributed by atoms with van der Waals surface area (Å²) in [6.45, 7) is 2.38. The third kappa shape index (κ3) is 2.40. The SMILES string of the molecule is CCC1(C(Cc2csc3ccccc23)NC)CCCC1. The van der Waals surface area contributed by atoms with Crippen molar-refractivity contribution < 1.29 is 0 Å². The molecule has 1 aromatic heterocycles. The maximum atomic E-state index is 3.64. The standard InChI is InChI=1S/C18H25NS/c1-3-18(10-6-7-11-18)17(19-2)12-14-13-20-16-9-5-4-8-15(14)16/h4-5,8-9,13,17,19H,3,6-7,10-12H2,1-2H3. The summed E-state index contributed by atoms with van der Waals surface area (Å²) in [5, 5.41) is 7.47. The average Bonchev–Trinajstić information content (AvgIpc) is 3.12. The lowest BCUT2D eigenvalue weighted by Crippen LogP contribution is -2.43. The molecule has 1 fully saturated rings. The van der Waals surface area contributed by atoms with Crippen molar-refractivity contribution in [3.8, 4) is 0 Å². The van der Waals surface area contributed by atoms with Crippen LogP contribution in [0.1, 0.15) is 44.6 Å². The molecule has 2 aromatic rings. The first-order valence-corrected chi connectivity index (χ1v) is 8.79. The first-order valence-electron chi connectivity index (χ1n) is 7.91. The van der Waals surface area contributed by atoms with Crippen LogP contribution in [0.5, 0.6) is 0 Å². The van der Waals surface area contributed by atoms with E-state index in [-0.39, 0.29) is 0 Å². The van der Waals surface area contributed by atoms with Crippen molar-refractivity contribution in [2.24, 2.45) is 5.41 Å². The van der Waals surface area contributed by atoms with E-state index < -0.39 is 0 Å². The van der Waals surface area contributed by atoms with E-state index in [0.29, 0.717) is 11.5 Å². The van der Waals surface area contributed by atoms with E-state index >= 15 is 0 Å². The zero-order valence-electron chi connectivity index (χ0n) is 12.6. The van der Waals surface area contributed by atoms with Crippen molar-refractivity contribution in [3.05, 3.63) is 35.2 Å². The van der Waals surface area contributed by atoms with Crippen LogP contribution in [0.4, 0.5) is 0 Å². The summed E-state index contributed by atoms with van der Waals surface area (Å²) in [4.78, 5) is 0. The number of hydrogen-bond acceptors (Lipinski definition) is 2. The highest BCUT2D eigenvalue weighted by Gasteiger charge is 2.39. The first-order chi connectivity index (χ1) is 9.79. The van der Waals surface area contributed by atoms with Gasteiger partial charge in [0.15, 0.2) is 0 Å². The lowest BCUT2D eigenvalue weighted by molar-refractivity contribution is 0.193. The van der Waals surface area contributed by atoms with Crippen LogP contribution in [-0.2, 0) is 6.42 Å². The third-order valence-corrected chi connectivity index (χ3v) is 6.39. The molecule has 0 spiro atoms. The molecular weight excluding hydrogens is 262 g/mol. The van der Waals surface area contributed by atoms with Crippen molar-refractivity contribution in [2.75, 3.05) is 7.05 Å². The van der Waals surface area contributed by atoms with Gasteiger partial charge in [-0.2, -0.15) is 0 Å². The second kappa shape index (κ2) is 5.87. The quantitative estimate of drug-likeness (QED) is 0.816. The number of rotatable bonds is 5. The largest absolute Gasteiger partial charge is 0.316 e. The number of fused-ring (bicyclic) bond motifs is 1. The fourth-order valence-electron chi connectivity index (χ4n) is 4.06. The maximum Gasteiger partial charge on any atom is 0.0345 e. The van der Waals surface area contributed by atoms with Gasteiger partial charge in [0.1, 0.15) is 0 Å². The topological polar surface area (TPSA) is 12.0 Å². The maximum absolute atomic E-state index is 3.64. The fraction of sp³-hybridized carbons (Fsp3) is 0.556. The monoisotopic (exact) mass is 287 g/mol. The van der Waals surface area contributed by atoms with Gasteiger partial charge in [0, 0.05) is 10.7 Å². The summed E-state index contributed by atoms with van der Waals surface area (Å²) in [5.41, 5.74) is 2.06. The van der Waals surface area contributed by atoms with Gasteiger partial charge in [0.2, 0.25) is 0 Å². The molecule has 1 atom stereocenters. The molecule has 3 rings (SSSR count). The molecule has 1 aliphatic rings. The Labute approximate surface area is 126 Å². The van der Waals surface area contributed by atoms with E-state index in [1.807, 2.05) is 11.3 Å². The lowest BCUT2D eigenvalue weighted by atomic mass is 9.74. The Balaban J connectivity index is 1.88. The van der Waals surface area contributed by atoms with Crippen LogP contribution in [0.15, 0.2) is 29.6 Å². The molecule has 0 bridgehead atoms. The Morgan fingerprint density at radius 1 is 1.25 bits per heavy atom. The van der Waals surface area contributed by atoms with Crippen LogP contribution in [0.25, 0.3) is 10.1 Å². The Morgan fingerprint density at radius 2 is 2.00 bits per heavy atom. The van der Waals surface area contributed by atoms with Gasteiger partial charge < -0.3 is 5.32 Å². The van der Waals surface area contributed by atoms with Crippen molar-refractivity contribution in [1.82, 2.24) is 5.32 Å². The smallest absolute Gasteiger partial charge is 0.0345 e. The zero-order valence-corrected chi connectivity index (χ0v) is 13.4. The summed E-state index contributed by atoms with van der Waals surface area (Å²) in [6, 6.07) is 9.44. The van der Waals surface area contributed by atoms with Gasteiger partial charge in [-0.05, 0) is 60.5 Å². The van der Waals surface area contributed by atoms with E-state index in [1.54, 1.807) is 0 Å². The highest BCUT2D eigenvalue weighted by molar-refractivity contribution is 7.17. The van der Waals surface area contributed by atoms with Gasteiger partial charge in [-0.1, -0.05) is 38.0 Å². The van der Waals surface area contributed by atoms with Gasteiger partial charge in [0.05, 0.1) is 0 Å². The van der Waals surface area contributed by atoms with E-state index in [1.165, 1.54) is 54.2 Å². The molecular formula is C18H25NS. The molecule has 1 nitrogen and oxygen atoms in total. The summed E-state index contributed by atoms with van der Waals surface area (Å²) >= 11 is 1.89. The molecule has 108 valence electrons. The molecule has 1 saturated carbocycles. The summed E-state index contributed by atoms with van der Waals surface area (Å²) in [7, 11) is 2.15. The van der Waals surface area contributed by atoms with Crippen LogP contribution in [0.2, 0.25) is 0 Å². The zero-order chi connectivity index (χ0) is 14.0. The van der Waals surface area contributed by atoms with E-state index in [0.717, 1.165) is 0 Å². The van der Waals surface area contributed by atoms with Crippen LogP contribution in [-0.4, -0.2) is 13.1 Å². The van der Waals surface area contributed by atoms with Crippen LogP contribution >= 0.6 is 11.3 Å². The number of thiophene rings is 1. The number of hydrogen-bond donors (Lipinski definition) is 1. The van der Waals surface area contributed by atoms with Gasteiger partial charge in [-0.15, -0.1) is 11.3 Å². The Morgan fingerprint density at radius 3 is 2.70 bits per heavy atom. The average molecular weight is 287 g/mol. The van der Waals surface area contributed by atoms with Crippen molar-refractivity contribution >= 4 is 21.4 Å². The van der Waals surface area contributed by atoms with Gasteiger partial charge in [-0.3, -0.25) is 0 Å². The molecule has 0 amide bonds. The molecule has 0 aliphatic heterocycles. The predicted octanol–water partition coefficient (Wildman–Crippen LogP) is 5.00. The Bertz CT molecular complexity index is 566. The minimum atomic E-state index is 0.526. The third-order valence-electron chi connectivity index (χ3n) is 5.38. The minimum Gasteiger partial charge on any atom is -0.316 e. The van der Waals surface area contributed by atoms with E-state index in [4.69, 9.17) is 0 Å². The summed E-state index contributed by atoms with van der Waals surface area (Å²) in [6.07, 6.45) is 8.11. The molecule has 1 aromatic carbocycles. The molecule has 2 heteroatoms. The summed E-state index contributed by atoms with van der Waals surface area (Å²) < 4.78 is 1.43. The van der Waals surface area contributed by atoms with Crippen molar-refractivity contribution in [1.29, 1.82) is 0 Å². The molecule has 1 unspecified atom stereocenters. The number of benzene rings is 1. The lowest BCUT2D eigenvalue weighted by Gasteiger charge is -2.37.